The third-order valence-corrected chi connectivity index (χ3v) is 3.08. The lowest BCUT2D eigenvalue weighted by Gasteiger charge is -2.23. The molecule has 0 fully saturated rings. The number of aliphatic hydroxyl groups is 2. The molecule has 0 aliphatic carbocycles. The summed E-state index contributed by atoms with van der Waals surface area (Å²) in [7, 11) is 0. The molecule has 0 heterocycles. The number of rotatable bonds is 7. The molecule has 0 spiro atoms. The lowest BCUT2D eigenvalue weighted by atomic mass is 9.96. The molecule has 0 aliphatic heterocycles. The molecule has 6 heteroatoms. The van der Waals surface area contributed by atoms with Crippen LogP contribution in [0.4, 0.5) is 8.78 Å². The zero-order valence-corrected chi connectivity index (χ0v) is 12.2. The molecule has 1 aromatic rings. The minimum Gasteiger partial charge on any atom is -0.390 e. The Bertz CT molecular complexity index is 387. The Morgan fingerprint density at radius 1 is 1.15 bits per heavy atom. The standard InChI is InChI=1S/C14H21F2NO2.ClH/c1-2-3-4-13(18)14(19)12(17)7-9-5-10(15)8-11(16)6-9;/h5-6,8,12-14,18-19H,2-4,7,17H2,1H3;1H/t12-,13-,14+;/m0./s1. The van der Waals surface area contributed by atoms with Crippen molar-refractivity contribution < 1.29 is 19.0 Å². The monoisotopic (exact) mass is 309 g/mol. The third-order valence-electron chi connectivity index (χ3n) is 3.08. The lowest BCUT2D eigenvalue weighted by molar-refractivity contribution is -0.00128. The van der Waals surface area contributed by atoms with Gasteiger partial charge in [-0.15, -0.1) is 12.4 Å². The van der Waals surface area contributed by atoms with Gasteiger partial charge < -0.3 is 15.9 Å². The number of hydrogen-bond donors (Lipinski definition) is 3. The smallest absolute Gasteiger partial charge is 0.126 e. The summed E-state index contributed by atoms with van der Waals surface area (Å²) in [6.07, 6.45) is 0.265. The van der Waals surface area contributed by atoms with Gasteiger partial charge in [0.15, 0.2) is 0 Å². The van der Waals surface area contributed by atoms with Crippen LogP contribution in [0.1, 0.15) is 31.7 Å². The van der Waals surface area contributed by atoms with Gasteiger partial charge in [0.1, 0.15) is 11.6 Å². The Kier molecular flexibility index (Phi) is 8.89. The first-order valence-electron chi connectivity index (χ1n) is 6.50. The molecule has 20 heavy (non-hydrogen) atoms. The van der Waals surface area contributed by atoms with E-state index in [9.17, 15) is 19.0 Å². The zero-order chi connectivity index (χ0) is 14.4. The highest BCUT2D eigenvalue weighted by Crippen LogP contribution is 2.13. The van der Waals surface area contributed by atoms with Crippen molar-refractivity contribution in [3.63, 3.8) is 0 Å². The fraction of sp³-hybridized carbons (Fsp3) is 0.571. The maximum absolute atomic E-state index is 13.0. The van der Waals surface area contributed by atoms with E-state index >= 15 is 0 Å². The first-order chi connectivity index (χ1) is 8.93. The van der Waals surface area contributed by atoms with Crippen molar-refractivity contribution in [1.82, 2.24) is 0 Å². The quantitative estimate of drug-likeness (QED) is 0.723. The van der Waals surface area contributed by atoms with Crippen molar-refractivity contribution in [1.29, 1.82) is 0 Å². The first-order valence-corrected chi connectivity index (χ1v) is 6.50. The predicted octanol–water partition coefficient (Wildman–Crippen LogP) is 2.17. The number of hydrogen-bond acceptors (Lipinski definition) is 3. The topological polar surface area (TPSA) is 66.5 Å². The minimum atomic E-state index is -1.10. The SMILES string of the molecule is CCCC[C@H](O)[C@H](O)[C@@H](N)Cc1cc(F)cc(F)c1.Cl. The van der Waals surface area contributed by atoms with E-state index in [1.165, 1.54) is 12.1 Å². The summed E-state index contributed by atoms with van der Waals surface area (Å²) < 4.78 is 26.0. The van der Waals surface area contributed by atoms with Crippen molar-refractivity contribution >= 4 is 12.4 Å². The second-order valence-corrected chi connectivity index (χ2v) is 4.85. The molecule has 0 radical (unpaired) electrons. The van der Waals surface area contributed by atoms with Crippen LogP contribution in [0.5, 0.6) is 0 Å². The summed E-state index contributed by atoms with van der Waals surface area (Å²) in [5.41, 5.74) is 6.13. The van der Waals surface area contributed by atoms with E-state index in [0.717, 1.165) is 18.9 Å². The van der Waals surface area contributed by atoms with Crippen molar-refractivity contribution in [2.75, 3.05) is 0 Å². The highest BCUT2D eigenvalue weighted by Gasteiger charge is 2.23. The molecule has 0 saturated carbocycles. The van der Waals surface area contributed by atoms with Crippen LogP contribution in [0.15, 0.2) is 18.2 Å². The molecule has 0 aromatic heterocycles. The van der Waals surface area contributed by atoms with Gasteiger partial charge in [-0.1, -0.05) is 19.8 Å². The van der Waals surface area contributed by atoms with E-state index in [1.807, 2.05) is 6.92 Å². The number of benzene rings is 1. The fourth-order valence-electron chi connectivity index (χ4n) is 1.99. The van der Waals surface area contributed by atoms with Crippen LogP contribution >= 0.6 is 12.4 Å². The highest BCUT2D eigenvalue weighted by atomic mass is 35.5. The number of unbranched alkanes of at least 4 members (excludes halogenated alkanes) is 1. The van der Waals surface area contributed by atoms with E-state index in [0.29, 0.717) is 12.0 Å². The summed E-state index contributed by atoms with van der Waals surface area (Å²) >= 11 is 0. The van der Waals surface area contributed by atoms with Crippen LogP contribution in [0.25, 0.3) is 0 Å². The molecule has 3 nitrogen and oxygen atoms in total. The molecule has 116 valence electrons. The van der Waals surface area contributed by atoms with E-state index in [2.05, 4.69) is 0 Å². The molecule has 0 bridgehead atoms. The van der Waals surface area contributed by atoms with Gasteiger partial charge >= 0.3 is 0 Å². The largest absolute Gasteiger partial charge is 0.390 e. The maximum Gasteiger partial charge on any atom is 0.126 e. The van der Waals surface area contributed by atoms with E-state index in [1.54, 1.807) is 0 Å². The Labute approximate surface area is 124 Å². The summed E-state index contributed by atoms with van der Waals surface area (Å²) in [5, 5.41) is 19.6. The number of nitrogens with two attached hydrogens (primary N) is 1. The molecular weight excluding hydrogens is 288 g/mol. The number of halogens is 3. The fourth-order valence-corrected chi connectivity index (χ4v) is 1.99. The molecule has 1 aromatic carbocycles. The van der Waals surface area contributed by atoms with Crippen molar-refractivity contribution in [2.45, 2.75) is 50.9 Å². The average Bonchev–Trinajstić information content (AvgIpc) is 2.33. The van der Waals surface area contributed by atoms with Crippen LogP contribution in [0, 0.1) is 11.6 Å². The molecular formula is C14H22ClF2NO2. The van der Waals surface area contributed by atoms with Gasteiger partial charge in [0, 0.05) is 12.1 Å². The van der Waals surface area contributed by atoms with Crippen LogP contribution in [-0.4, -0.2) is 28.5 Å². The van der Waals surface area contributed by atoms with Crippen molar-refractivity contribution in [2.24, 2.45) is 5.73 Å². The summed E-state index contributed by atoms with van der Waals surface area (Å²) in [4.78, 5) is 0. The molecule has 0 aliphatic rings. The molecule has 1 rings (SSSR count). The van der Waals surface area contributed by atoms with Gasteiger partial charge in [-0.3, -0.25) is 0 Å². The van der Waals surface area contributed by atoms with Gasteiger partial charge in [-0.2, -0.15) is 0 Å². The van der Waals surface area contributed by atoms with Crippen LogP contribution in [0.3, 0.4) is 0 Å². The van der Waals surface area contributed by atoms with Gasteiger partial charge in [0.05, 0.1) is 12.2 Å². The van der Waals surface area contributed by atoms with Gasteiger partial charge in [-0.05, 0) is 30.5 Å². The predicted molar refractivity (Wildman–Crippen MR) is 76.8 cm³/mol. The molecule has 0 unspecified atom stereocenters. The molecule has 0 saturated heterocycles. The van der Waals surface area contributed by atoms with E-state index in [-0.39, 0.29) is 18.8 Å². The first kappa shape index (κ1) is 19.2. The van der Waals surface area contributed by atoms with Crippen LogP contribution < -0.4 is 5.73 Å². The minimum absolute atomic E-state index is 0. The molecule has 3 atom stereocenters. The Morgan fingerprint density at radius 2 is 1.70 bits per heavy atom. The molecule has 0 amide bonds. The number of aliphatic hydroxyl groups excluding tert-OH is 2. The van der Waals surface area contributed by atoms with Crippen LogP contribution in [0.2, 0.25) is 0 Å². The Balaban J connectivity index is 0.00000361. The van der Waals surface area contributed by atoms with Crippen molar-refractivity contribution in [3.8, 4) is 0 Å². The summed E-state index contributed by atoms with van der Waals surface area (Å²) in [6, 6.07) is 2.37. The highest BCUT2D eigenvalue weighted by molar-refractivity contribution is 5.85. The zero-order valence-electron chi connectivity index (χ0n) is 11.4. The second-order valence-electron chi connectivity index (χ2n) is 4.85. The van der Waals surface area contributed by atoms with E-state index < -0.39 is 29.9 Å². The lowest BCUT2D eigenvalue weighted by Crippen LogP contribution is -2.44. The summed E-state index contributed by atoms with van der Waals surface area (Å²) in [6.45, 7) is 1.98. The normalized spacial score (nSPS) is 15.3. The van der Waals surface area contributed by atoms with Crippen LogP contribution in [-0.2, 0) is 6.42 Å². The van der Waals surface area contributed by atoms with Gasteiger partial charge in [0.25, 0.3) is 0 Å². The van der Waals surface area contributed by atoms with E-state index in [4.69, 9.17) is 5.73 Å². The summed E-state index contributed by atoms with van der Waals surface area (Å²) in [5.74, 6) is -1.36. The maximum atomic E-state index is 13.0. The third kappa shape index (κ3) is 6.13. The Morgan fingerprint density at radius 3 is 2.20 bits per heavy atom. The van der Waals surface area contributed by atoms with Gasteiger partial charge in [-0.25, -0.2) is 8.78 Å². The Hall–Kier alpha value is -0.750. The second kappa shape index (κ2) is 9.23. The molecule has 4 N–H and O–H groups in total. The van der Waals surface area contributed by atoms with Gasteiger partial charge in [0.2, 0.25) is 0 Å². The van der Waals surface area contributed by atoms with Crippen molar-refractivity contribution in [3.05, 3.63) is 35.4 Å². The average molecular weight is 310 g/mol.